The number of nitrogens with one attached hydrogen (secondary N) is 1. The monoisotopic (exact) mass is 399 g/mol. The number of nitrogens with two attached hydrogens (primary N) is 1. The number of rotatable bonds is 7. The number of piperidine rings is 1. The zero-order valence-corrected chi connectivity index (χ0v) is 17.1. The lowest BCUT2D eigenvalue weighted by Crippen LogP contribution is -2.36. The van der Waals surface area contributed by atoms with Crippen molar-refractivity contribution in [1.82, 2.24) is 20.0 Å². The predicted molar refractivity (Wildman–Crippen MR) is 111 cm³/mol. The summed E-state index contributed by atoms with van der Waals surface area (Å²) in [7, 11) is 1.29. The summed E-state index contributed by atoms with van der Waals surface area (Å²) in [4.78, 5) is 26.5. The van der Waals surface area contributed by atoms with Gasteiger partial charge in [0.05, 0.1) is 19.0 Å². The van der Waals surface area contributed by atoms with Crippen LogP contribution < -0.4 is 11.1 Å². The van der Waals surface area contributed by atoms with Crippen LogP contribution in [0.5, 0.6) is 0 Å². The van der Waals surface area contributed by atoms with Gasteiger partial charge in [0.1, 0.15) is 11.4 Å². The predicted octanol–water partition coefficient (Wildman–Crippen LogP) is 2.09. The minimum atomic E-state index is -0.538. The first-order valence-corrected chi connectivity index (χ1v) is 10.0. The third-order valence-electron chi connectivity index (χ3n) is 5.26. The van der Waals surface area contributed by atoms with E-state index in [9.17, 15) is 9.59 Å². The first-order chi connectivity index (χ1) is 14.0. The Kier molecular flexibility index (Phi) is 6.87. The number of carbonyl (C=O) groups is 2. The van der Waals surface area contributed by atoms with Crippen molar-refractivity contribution < 1.29 is 14.3 Å². The molecule has 0 radical (unpaired) electrons. The van der Waals surface area contributed by atoms with Gasteiger partial charge in [0.15, 0.2) is 0 Å². The molecule has 29 heavy (non-hydrogen) atoms. The third-order valence-corrected chi connectivity index (χ3v) is 5.26. The number of anilines is 1. The van der Waals surface area contributed by atoms with Gasteiger partial charge in [0.25, 0.3) is 5.91 Å². The van der Waals surface area contributed by atoms with Crippen molar-refractivity contribution in [2.45, 2.75) is 26.2 Å². The van der Waals surface area contributed by atoms with E-state index in [-0.39, 0.29) is 17.3 Å². The average Bonchev–Trinajstić information content (AvgIpc) is 3.12. The van der Waals surface area contributed by atoms with E-state index < -0.39 is 5.97 Å². The second-order valence-electron chi connectivity index (χ2n) is 7.55. The summed E-state index contributed by atoms with van der Waals surface area (Å²) in [5.41, 5.74) is 7.41. The number of hydrogen-bond donors (Lipinski definition) is 2. The quantitative estimate of drug-likeness (QED) is 0.546. The molecule has 1 aliphatic rings. The number of methoxy groups -OCH3 is 1. The highest BCUT2D eigenvalue weighted by molar-refractivity contribution is 5.95. The Bertz CT molecular complexity index is 847. The van der Waals surface area contributed by atoms with Crippen LogP contribution in [0.1, 0.15) is 46.9 Å². The van der Waals surface area contributed by atoms with E-state index in [2.05, 4.69) is 27.0 Å². The molecule has 1 fully saturated rings. The Morgan fingerprint density at radius 3 is 2.76 bits per heavy atom. The summed E-state index contributed by atoms with van der Waals surface area (Å²) in [5, 5.41) is 7.10. The van der Waals surface area contributed by atoms with Gasteiger partial charge in [0.2, 0.25) is 0 Å². The van der Waals surface area contributed by atoms with Crippen molar-refractivity contribution >= 4 is 17.7 Å². The molecular weight excluding hydrogens is 370 g/mol. The number of carbonyl (C=O) groups excluding carboxylic acids is 2. The van der Waals surface area contributed by atoms with E-state index in [0.717, 1.165) is 32.0 Å². The zero-order chi connectivity index (χ0) is 20.8. The lowest BCUT2D eigenvalue weighted by atomic mass is 10.0. The van der Waals surface area contributed by atoms with Crippen molar-refractivity contribution in [3.05, 3.63) is 41.6 Å². The van der Waals surface area contributed by atoms with Crippen molar-refractivity contribution in [3.63, 3.8) is 0 Å². The van der Waals surface area contributed by atoms with Crippen molar-refractivity contribution in [2.24, 2.45) is 5.92 Å². The third kappa shape index (κ3) is 5.14. The Hall–Kier alpha value is -2.87. The molecule has 3 rings (SSSR count). The van der Waals surface area contributed by atoms with Crippen LogP contribution in [0, 0.1) is 5.92 Å². The van der Waals surface area contributed by atoms with Crippen molar-refractivity contribution in [3.8, 4) is 5.69 Å². The van der Waals surface area contributed by atoms with Gasteiger partial charge in [-0.1, -0.05) is 6.92 Å². The minimum Gasteiger partial charge on any atom is -0.465 e. The molecule has 0 spiro atoms. The van der Waals surface area contributed by atoms with Crippen LogP contribution in [0.4, 0.5) is 5.82 Å². The minimum absolute atomic E-state index is 0.104. The summed E-state index contributed by atoms with van der Waals surface area (Å²) in [6.07, 6.45) is 4.89. The normalized spacial score (nSPS) is 17.1. The molecule has 156 valence electrons. The number of aromatic nitrogens is 2. The fraction of sp³-hybridized carbons (Fsp3) is 0.476. The van der Waals surface area contributed by atoms with Crippen LogP contribution in [-0.2, 0) is 4.74 Å². The van der Waals surface area contributed by atoms with Crippen LogP contribution in [0.2, 0.25) is 0 Å². The second kappa shape index (κ2) is 9.56. The largest absolute Gasteiger partial charge is 0.465 e. The molecule has 1 aromatic carbocycles. The van der Waals surface area contributed by atoms with Crippen molar-refractivity contribution in [1.29, 1.82) is 0 Å². The Morgan fingerprint density at radius 2 is 2.07 bits per heavy atom. The molecule has 1 aliphatic heterocycles. The van der Waals surface area contributed by atoms with Gasteiger partial charge in [-0.15, -0.1) is 0 Å². The summed E-state index contributed by atoms with van der Waals surface area (Å²) in [5.74, 6) is 0.321. The highest BCUT2D eigenvalue weighted by Crippen LogP contribution is 2.18. The number of hydrogen-bond acceptors (Lipinski definition) is 6. The molecule has 0 saturated carbocycles. The van der Waals surface area contributed by atoms with Gasteiger partial charge in [-0.05, 0) is 62.5 Å². The summed E-state index contributed by atoms with van der Waals surface area (Å²) < 4.78 is 6.12. The molecule has 3 N–H and O–H groups in total. The number of nitrogen functional groups attached to an aromatic ring is 1. The standard InChI is InChI=1S/C21H29N5O3/c1-15-5-3-11-25(14-15)12-4-10-23-20(27)16-6-8-17(9-7-16)26-19(22)18(13-24-26)21(28)29-2/h6-9,13,15H,3-5,10-12,14,22H2,1-2H3,(H,23,27)/t15-/m0/s1. The van der Waals surface area contributed by atoms with Crippen LogP contribution in [-0.4, -0.2) is 59.8 Å². The average molecular weight is 399 g/mol. The topological polar surface area (TPSA) is 102 Å². The maximum Gasteiger partial charge on any atom is 0.343 e. The number of amides is 1. The summed E-state index contributed by atoms with van der Waals surface area (Å²) in [6.45, 7) is 6.28. The molecule has 1 saturated heterocycles. The maximum absolute atomic E-state index is 12.4. The molecule has 0 unspecified atom stereocenters. The zero-order valence-electron chi connectivity index (χ0n) is 17.1. The first-order valence-electron chi connectivity index (χ1n) is 10.0. The van der Waals surface area contributed by atoms with Crippen LogP contribution in [0.15, 0.2) is 30.5 Å². The van der Waals surface area contributed by atoms with Gasteiger partial charge in [-0.3, -0.25) is 4.79 Å². The highest BCUT2D eigenvalue weighted by Gasteiger charge is 2.17. The number of nitrogens with zero attached hydrogens (tertiary/aromatic N) is 3. The Morgan fingerprint density at radius 1 is 1.31 bits per heavy atom. The maximum atomic E-state index is 12.4. The molecule has 2 heterocycles. The number of ether oxygens (including phenoxy) is 1. The molecule has 0 bridgehead atoms. The number of likely N-dealkylation sites (tertiary alicyclic amines) is 1. The Labute approximate surface area is 171 Å². The van der Waals surface area contributed by atoms with Gasteiger partial charge < -0.3 is 20.7 Å². The van der Waals surface area contributed by atoms with Crippen LogP contribution in [0.25, 0.3) is 5.69 Å². The Balaban J connectivity index is 1.51. The molecule has 8 nitrogen and oxygen atoms in total. The van der Waals surface area contributed by atoms with E-state index in [1.165, 1.54) is 30.8 Å². The molecule has 8 heteroatoms. The van der Waals surface area contributed by atoms with Gasteiger partial charge in [-0.25, -0.2) is 9.48 Å². The molecule has 1 atom stereocenters. The van der Waals surface area contributed by atoms with E-state index in [1.807, 2.05) is 0 Å². The first kappa shape index (κ1) is 20.9. The smallest absolute Gasteiger partial charge is 0.343 e. The van der Waals surface area contributed by atoms with Crippen molar-refractivity contribution in [2.75, 3.05) is 39.0 Å². The van der Waals surface area contributed by atoms with Gasteiger partial charge in [0, 0.05) is 18.7 Å². The fourth-order valence-electron chi connectivity index (χ4n) is 3.68. The summed E-state index contributed by atoms with van der Waals surface area (Å²) in [6, 6.07) is 6.93. The lowest BCUT2D eigenvalue weighted by molar-refractivity contribution is 0.0601. The van der Waals surface area contributed by atoms with E-state index in [4.69, 9.17) is 5.73 Å². The SMILES string of the molecule is COC(=O)c1cnn(-c2ccc(C(=O)NCCCN3CCC[C@H](C)C3)cc2)c1N. The molecule has 0 aliphatic carbocycles. The number of esters is 1. The summed E-state index contributed by atoms with van der Waals surface area (Å²) >= 11 is 0. The number of benzene rings is 1. The molecular formula is C21H29N5O3. The van der Waals surface area contributed by atoms with E-state index in [0.29, 0.717) is 17.8 Å². The second-order valence-corrected chi connectivity index (χ2v) is 7.55. The highest BCUT2D eigenvalue weighted by atomic mass is 16.5. The molecule has 2 aromatic rings. The van der Waals surface area contributed by atoms with Crippen LogP contribution in [0.3, 0.4) is 0 Å². The van der Waals surface area contributed by atoms with E-state index >= 15 is 0 Å². The van der Waals surface area contributed by atoms with E-state index in [1.54, 1.807) is 24.3 Å². The van der Waals surface area contributed by atoms with Crippen LogP contribution >= 0.6 is 0 Å². The molecule has 1 aromatic heterocycles. The van der Waals surface area contributed by atoms with Gasteiger partial charge >= 0.3 is 5.97 Å². The lowest BCUT2D eigenvalue weighted by Gasteiger charge is -2.30. The fourth-order valence-corrected chi connectivity index (χ4v) is 3.68. The molecule has 1 amide bonds. The van der Waals surface area contributed by atoms with Gasteiger partial charge in [-0.2, -0.15) is 5.10 Å².